The van der Waals surface area contributed by atoms with E-state index in [0.717, 1.165) is 5.56 Å². The topological polar surface area (TPSA) is 20.2 Å². The van der Waals surface area contributed by atoms with E-state index < -0.39 is 0 Å². The van der Waals surface area contributed by atoms with E-state index in [9.17, 15) is 0 Å². The average Bonchev–Trinajstić information content (AvgIpc) is 2.10. The van der Waals surface area contributed by atoms with Crippen LogP contribution in [0.15, 0.2) is 18.2 Å². The minimum atomic E-state index is -0.339. The van der Waals surface area contributed by atoms with Gasteiger partial charge in [0.15, 0.2) is 0 Å². The van der Waals surface area contributed by atoms with Crippen molar-refractivity contribution in [3.05, 3.63) is 34.9 Å². The lowest BCUT2D eigenvalue weighted by molar-refractivity contribution is 0.201. The fourth-order valence-corrected chi connectivity index (χ4v) is 1.12. The molecule has 74 valence electrons. The summed E-state index contributed by atoms with van der Waals surface area (Å²) in [5, 5.41) is 9.03. The van der Waals surface area contributed by atoms with Crippen molar-refractivity contribution >= 4 is 0 Å². The highest BCUT2D eigenvalue weighted by Crippen LogP contribution is 2.08. The quantitative estimate of drug-likeness (QED) is 0.671. The number of hydrogen-bond donors (Lipinski definition) is 1. The molecule has 0 aliphatic rings. The molecule has 0 heterocycles. The van der Waals surface area contributed by atoms with E-state index >= 15 is 0 Å². The van der Waals surface area contributed by atoms with Crippen molar-refractivity contribution in [1.82, 2.24) is 0 Å². The molecule has 1 nitrogen and oxygen atoms in total. The predicted molar refractivity (Wildman–Crippen MR) is 59.1 cm³/mol. The van der Waals surface area contributed by atoms with Gasteiger partial charge < -0.3 is 5.11 Å². The molecule has 1 rings (SSSR count). The standard InChI is InChI=1S/C13H16O/c1-10-7-8-13(9-11(10)2)6-4-5-12(3)14/h7-9,12,14H,5H2,1-3H3. The molecule has 1 aromatic carbocycles. The molecule has 1 unspecified atom stereocenters. The second kappa shape index (κ2) is 4.83. The zero-order valence-electron chi connectivity index (χ0n) is 8.96. The van der Waals surface area contributed by atoms with Crippen LogP contribution >= 0.6 is 0 Å². The fourth-order valence-electron chi connectivity index (χ4n) is 1.12. The van der Waals surface area contributed by atoms with Gasteiger partial charge in [-0.2, -0.15) is 0 Å². The van der Waals surface area contributed by atoms with Crippen LogP contribution in [0.1, 0.15) is 30.0 Å². The lowest BCUT2D eigenvalue weighted by Gasteiger charge is -1.99. The summed E-state index contributed by atoms with van der Waals surface area (Å²) in [5.41, 5.74) is 3.56. The van der Waals surface area contributed by atoms with Crippen LogP contribution < -0.4 is 0 Å². The summed E-state index contributed by atoms with van der Waals surface area (Å²) in [7, 11) is 0. The molecule has 1 N–H and O–H groups in total. The van der Waals surface area contributed by atoms with E-state index in [1.807, 2.05) is 6.07 Å². The maximum atomic E-state index is 9.03. The normalized spacial score (nSPS) is 11.7. The average molecular weight is 188 g/mol. The van der Waals surface area contributed by atoms with Crippen LogP contribution in [0.3, 0.4) is 0 Å². The van der Waals surface area contributed by atoms with Gasteiger partial charge in [-0.15, -0.1) is 0 Å². The highest BCUT2D eigenvalue weighted by molar-refractivity contribution is 5.40. The van der Waals surface area contributed by atoms with Crippen molar-refractivity contribution < 1.29 is 5.11 Å². The van der Waals surface area contributed by atoms with Crippen LogP contribution in [-0.4, -0.2) is 11.2 Å². The molecule has 1 heteroatoms. The summed E-state index contributed by atoms with van der Waals surface area (Å²) in [6, 6.07) is 6.16. The van der Waals surface area contributed by atoms with Crippen LogP contribution in [0.25, 0.3) is 0 Å². The molecule has 0 fully saturated rings. The summed E-state index contributed by atoms with van der Waals surface area (Å²) in [6.45, 7) is 5.91. The number of rotatable bonds is 1. The number of aliphatic hydroxyl groups is 1. The Bertz CT molecular complexity index is 367. The highest BCUT2D eigenvalue weighted by Gasteiger charge is 1.93. The van der Waals surface area contributed by atoms with E-state index in [-0.39, 0.29) is 6.10 Å². The first-order chi connectivity index (χ1) is 6.59. The van der Waals surface area contributed by atoms with Crippen molar-refractivity contribution in [1.29, 1.82) is 0 Å². The Morgan fingerprint density at radius 3 is 2.57 bits per heavy atom. The second-order valence-corrected chi connectivity index (χ2v) is 3.65. The van der Waals surface area contributed by atoms with Crippen LogP contribution in [0.5, 0.6) is 0 Å². The summed E-state index contributed by atoms with van der Waals surface area (Å²) >= 11 is 0. The molecule has 0 amide bonds. The van der Waals surface area contributed by atoms with E-state index in [4.69, 9.17) is 5.11 Å². The zero-order valence-corrected chi connectivity index (χ0v) is 8.96. The first-order valence-electron chi connectivity index (χ1n) is 4.84. The highest BCUT2D eigenvalue weighted by atomic mass is 16.3. The summed E-state index contributed by atoms with van der Waals surface area (Å²) < 4.78 is 0. The molecule has 0 bridgehead atoms. The molecule has 0 aliphatic heterocycles. The Morgan fingerprint density at radius 1 is 1.29 bits per heavy atom. The smallest absolute Gasteiger partial charge is 0.0621 e. The summed E-state index contributed by atoms with van der Waals surface area (Å²) in [6.07, 6.45) is 0.196. The van der Waals surface area contributed by atoms with Gasteiger partial charge in [0.2, 0.25) is 0 Å². The largest absolute Gasteiger partial charge is 0.392 e. The molecule has 0 aromatic heterocycles. The second-order valence-electron chi connectivity index (χ2n) is 3.65. The zero-order chi connectivity index (χ0) is 10.6. The van der Waals surface area contributed by atoms with Crippen molar-refractivity contribution in [2.45, 2.75) is 33.3 Å². The third-order valence-electron chi connectivity index (χ3n) is 2.14. The first-order valence-corrected chi connectivity index (χ1v) is 4.84. The van der Waals surface area contributed by atoms with E-state index in [2.05, 4.69) is 37.8 Å². The van der Waals surface area contributed by atoms with E-state index in [0.29, 0.717) is 6.42 Å². The third kappa shape index (κ3) is 3.24. The van der Waals surface area contributed by atoms with E-state index in [1.54, 1.807) is 6.92 Å². The number of hydrogen-bond acceptors (Lipinski definition) is 1. The van der Waals surface area contributed by atoms with Gasteiger partial charge in [0.25, 0.3) is 0 Å². The first kappa shape index (κ1) is 10.8. The molecule has 0 spiro atoms. The molecular formula is C13H16O. The van der Waals surface area contributed by atoms with Crippen molar-refractivity contribution in [3.63, 3.8) is 0 Å². The minimum absolute atomic E-state index is 0.339. The number of aliphatic hydroxyl groups excluding tert-OH is 1. The van der Waals surface area contributed by atoms with Crippen molar-refractivity contribution in [2.75, 3.05) is 0 Å². The summed E-state index contributed by atoms with van der Waals surface area (Å²) in [4.78, 5) is 0. The lowest BCUT2D eigenvalue weighted by atomic mass is 10.1. The van der Waals surface area contributed by atoms with Gasteiger partial charge in [-0.05, 0) is 44.0 Å². The number of benzene rings is 1. The van der Waals surface area contributed by atoms with Gasteiger partial charge in [0, 0.05) is 12.0 Å². The molecule has 0 saturated heterocycles. The molecule has 0 saturated carbocycles. The summed E-state index contributed by atoms with van der Waals surface area (Å²) in [5.74, 6) is 5.98. The van der Waals surface area contributed by atoms with Gasteiger partial charge in [-0.1, -0.05) is 17.9 Å². The van der Waals surface area contributed by atoms with E-state index in [1.165, 1.54) is 11.1 Å². The van der Waals surface area contributed by atoms with Crippen LogP contribution in [0, 0.1) is 25.7 Å². The van der Waals surface area contributed by atoms with Gasteiger partial charge in [0.1, 0.15) is 0 Å². The Kier molecular flexibility index (Phi) is 3.73. The lowest BCUT2D eigenvalue weighted by Crippen LogP contribution is -1.95. The monoisotopic (exact) mass is 188 g/mol. The van der Waals surface area contributed by atoms with Gasteiger partial charge >= 0.3 is 0 Å². The molecule has 1 atom stereocenters. The SMILES string of the molecule is Cc1ccc(C#CCC(C)O)cc1C. The molecule has 0 radical (unpaired) electrons. The van der Waals surface area contributed by atoms with Crippen molar-refractivity contribution in [3.8, 4) is 11.8 Å². The fraction of sp³-hybridized carbons (Fsp3) is 0.385. The Morgan fingerprint density at radius 2 is 2.00 bits per heavy atom. The number of aryl methyl sites for hydroxylation is 2. The van der Waals surface area contributed by atoms with Crippen LogP contribution in [-0.2, 0) is 0 Å². The minimum Gasteiger partial charge on any atom is -0.392 e. The maximum Gasteiger partial charge on any atom is 0.0621 e. The molecule has 14 heavy (non-hydrogen) atoms. The Hall–Kier alpha value is -1.26. The Balaban J connectivity index is 2.76. The van der Waals surface area contributed by atoms with Gasteiger partial charge in [-0.3, -0.25) is 0 Å². The van der Waals surface area contributed by atoms with Gasteiger partial charge in [0.05, 0.1) is 6.10 Å². The maximum absolute atomic E-state index is 9.03. The van der Waals surface area contributed by atoms with Crippen LogP contribution in [0.4, 0.5) is 0 Å². The van der Waals surface area contributed by atoms with Crippen LogP contribution in [0.2, 0.25) is 0 Å². The third-order valence-corrected chi connectivity index (χ3v) is 2.14. The van der Waals surface area contributed by atoms with Gasteiger partial charge in [-0.25, -0.2) is 0 Å². The Labute approximate surface area is 85.8 Å². The molecule has 1 aromatic rings. The predicted octanol–water partition coefficient (Wildman–Crippen LogP) is 2.43. The van der Waals surface area contributed by atoms with Crippen molar-refractivity contribution in [2.24, 2.45) is 0 Å². The molecular weight excluding hydrogens is 172 g/mol. The molecule has 0 aliphatic carbocycles.